The molecule has 8 heteroatoms. The zero-order chi connectivity index (χ0) is 41.5. The SMILES string of the molecule is CCOC(=O)C(Cc1ccc(OCC=C(C)C#Cc2ccc(-c3ccc(C#CC(C)=CCOc4ccc(C(=C=O)C(OCC)OCC)cc4)cc3)cc2)cc1)OCC. The fourth-order valence-corrected chi connectivity index (χ4v) is 5.54. The van der Waals surface area contributed by atoms with E-state index < -0.39 is 12.4 Å². The number of hydrogen-bond donors (Lipinski definition) is 0. The predicted octanol–water partition coefficient (Wildman–Crippen LogP) is 9.23. The minimum absolute atomic E-state index is 0.319. The Morgan fingerprint density at radius 3 is 1.50 bits per heavy atom. The maximum atomic E-state index is 12.2. The Morgan fingerprint density at radius 1 is 0.603 bits per heavy atom. The average Bonchev–Trinajstić information content (AvgIpc) is 3.24. The monoisotopic (exact) mass is 780 g/mol. The normalized spacial score (nSPS) is 11.7. The minimum Gasteiger partial charge on any atom is -0.490 e. The Hall–Kier alpha value is -6.12. The highest BCUT2D eigenvalue weighted by molar-refractivity contribution is 5.89. The van der Waals surface area contributed by atoms with E-state index in [1.165, 1.54) is 0 Å². The highest BCUT2D eigenvalue weighted by Gasteiger charge is 2.21. The molecule has 58 heavy (non-hydrogen) atoms. The lowest BCUT2D eigenvalue weighted by molar-refractivity contribution is -0.156. The van der Waals surface area contributed by atoms with Crippen LogP contribution in [0.2, 0.25) is 0 Å². The van der Waals surface area contributed by atoms with Crippen molar-refractivity contribution in [1.82, 2.24) is 0 Å². The van der Waals surface area contributed by atoms with Crippen LogP contribution in [0.3, 0.4) is 0 Å². The second-order valence-electron chi connectivity index (χ2n) is 12.9. The number of carbonyl (C=O) groups excluding carboxylic acids is 2. The third kappa shape index (κ3) is 14.8. The van der Waals surface area contributed by atoms with Crippen molar-refractivity contribution in [3.63, 3.8) is 0 Å². The number of rotatable bonds is 19. The zero-order valence-corrected chi connectivity index (χ0v) is 34.3. The number of esters is 1. The van der Waals surface area contributed by atoms with Crippen LogP contribution in [0.25, 0.3) is 16.7 Å². The molecule has 0 aliphatic heterocycles. The van der Waals surface area contributed by atoms with E-state index in [1.54, 1.807) is 31.2 Å². The molecule has 0 amide bonds. The zero-order valence-electron chi connectivity index (χ0n) is 34.3. The molecule has 0 N–H and O–H groups in total. The number of benzene rings is 4. The second kappa shape index (κ2) is 24.5. The lowest BCUT2D eigenvalue weighted by atomic mass is 10.0. The molecule has 0 saturated heterocycles. The topological polar surface area (TPSA) is 89.5 Å². The van der Waals surface area contributed by atoms with Crippen LogP contribution in [0.4, 0.5) is 0 Å². The molecule has 1 unspecified atom stereocenters. The van der Waals surface area contributed by atoms with E-state index in [2.05, 4.69) is 47.9 Å². The lowest BCUT2D eigenvalue weighted by Crippen LogP contribution is -2.28. The first-order valence-corrected chi connectivity index (χ1v) is 19.6. The summed E-state index contributed by atoms with van der Waals surface area (Å²) < 4.78 is 33.6. The molecule has 8 nitrogen and oxygen atoms in total. The van der Waals surface area contributed by atoms with Crippen LogP contribution in [0.1, 0.15) is 63.8 Å². The van der Waals surface area contributed by atoms with E-state index in [0.717, 1.165) is 44.7 Å². The van der Waals surface area contributed by atoms with Crippen molar-refractivity contribution < 1.29 is 38.0 Å². The molecular formula is C50H52O8. The summed E-state index contributed by atoms with van der Waals surface area (Å²) in [7, 11) is 0. The Balaban J connectivity index is 1.23. The van der Waals surface area contributed by atoms with Crippen LogP contribution >= 0.6 is 0 Å². The van der Waals surface area contributed by atoms with Crippen LogP contribution < -0.4 is 9.47 Å². The van der Waals surface area contributed by atoms with Gasteiger partial charge in [0.2, 0.25) is 0 Å². The summed E-state index contributed by atoms with van der Waals surface area (Å²) >= 11 is 0. The lowest BCUT2D eigenvalue weighted by Gasteiger charge is -2.18. The van der Waals surface area contributed by atoms with E-state index in [-0.39, 0.29) is 5.97 Å². The molecule has 0 aliphatic rings. The minimum atomic E-state index is -0.754. The summed E-state index contributed by atoms with van der Waals surface area (Å²) in [6.45, 7) is 13.6. The van der Waals surface area contributed by atoms with Crippen molar-refractivity contribution in [2.24, 2.45) is 0 Å². The van der Waals surface area contributed by atoms with Gasteiger partial charge in [-0.1, -0.05) is 72.2 Å². The van der Waals surface area contributed by atoms with Crippen molar-refractivity contribution >= 4 is 17.5 Å². The molecule has 4 rings (SSSR count). The summed E-state index contributed by atoms with van der Waals surface area (Å²) in [6, 6.07) is 31.2. The van der Waals surface area contributed by atoms with Gasteiger partial charge in [-0.15, -0.1) is 0 Å². The summed E-state index contributed by atoms with van der Waals surface area (Å²) in [4.78, 5) is 23.8. The van der Waals surface area contributed by atoms with E-state index in [9.17, 15) is 9.59 Å². The fourth-order valence-electron chi connectivity index (χ4n) is 5.54. The van der Waals surface area contributed by atoms with Crippen molar-refractivity contribution in [3.8, 4) is 46.3 Å². The van der Waals surface area contributed by atoms with Gasteiger partial charge in [-0.3, -0.25) is 0 Å². The Bertz CT molecular complexity index is 2130. The molecule has 4 aromatic rings. The molecule has 4 aromatic carbocycles. The number of hydrogen-bond acceptors (Lipinski definition) is 8. The Kier molecular flexibility index (Phi) is 18.8. The first kappa shape index (κ1) is 44.6. The quantitative estimate of drug-likeness (QED) is 0.0403. The Morgan fingerprint density at radius 2 is 1.07 bits per heavy atom. The smallest absolute Gasteiger partial charge is 0.335 e. The Labute approximate surface area is 343 Å². The van der Waals surface area contributed by atoms with Crippen LogP contribution in [-0.2, 0) is 35.0 Å². The van der Waals surface area contributed by atoms with Gasteiger partial charge in [-0.05, 0) is 136 Å². The van der Waals surface area contributed by atoms with Gasteiger partial charge in [0.05, 0.1) is 12.2 Å². The van der Waals surface area contributed by atoms with E-state index >= 15 is 0 Å². The van der Waals surface area contributed by atoms with Gasteiger partial charge in [0.15, 0.2) is 12.4 Å². The van der Waals surface area contributed by atoms with Gasteiger partial charge >= 0.3 is 5.97 Å². The molecule has 0 spiro atoms. The van der Waals surface area contributed by atoms with E-state index in [4.69, 9.17) is 28.4 Å². The van der Waals surface area contributed by atoms with Gasteiger partial charge in [0.25, 0.3) is 0 Å². The van der Waals surface area contributed by atoms with Crippen LogP contribution in [0.5, 0.6) is 11.5 Å². The van der Waals surface area contributed by atoms with Crippen molar-refractivity contribution in [2.45, 2.75) is 60.4 Å². The number of allylic oxidation sites excluding steroid dienone is 2. The van der Waals surface area contributed by atoms with Gasteiger partial charge in [-0.2, -0.15) is 0 Å². The largest absolute Gasteiger partial charge is 0.490 e. The highest BCUT2D eigenvalue weighted by atomic mass is 16.7. The van der Waals surface area contributed by atoms with Crippen molar-refractivity contribution in [3.05, 3.63) is 143 Å². The summed E-state index contributed by atoms with van der Waals surface area (Å²) in [5.41, 5.74) is 7.78. The summed E-state index contributed by atoms with van der Waals surface area (Å²) in [6.07, 6.45) is 2.95. The maximum Gasteiger partial charge on any atom is 0.335 e. The van der Waals surface area contributed by atoms with E-state index in [1.807, 2.05) is 101 Å². The van der Waals surface area contributed by atoms with Gasteiger partial charge in [-0.25, -0.2) is 9.59 Å². The summed E-state index contributed by atoms with van der Waals surface area (Å²) in [5, 5.41) is 0. The molecule has 1 atom stereocenters. The molecule has 0 bridgehead atoms. The van der Waals surface area contributed by atoms with Crippen molar-refractivity contribution in [1.29, 1.82) is 0 Å². The summed E-state index contributed by atoms with van der Waals surface area (Å²) in [5.74, 6) is 15.9. The average molecular weight is 781 g/mol. The van der Waals surface area contributed by atoms with Gasteiger partial charge in [0, 0.05) is 37.4 Å². The third-order valence-electron chi connectivity index (χ3n) is 8.60. The molecule has 0 heterocycles. The number of carbonyl (C=O) groups is 1. The van der Waals surface area contributed by atoms with Gasteiger partial charge < -0.3 is 28.4 Å². The maximum absolute atomic E-state index is 12.2. The van der Waals surface area contributed by atoms with Crippen LogP contribution in [0.15, 0.2) is 120 Å². The molecule has 0 aromatic heterocycles. The van der Waals surface area contributed by atoms with Gasteiger partial charge in [0.1, 0.15) is 30.7 Å². The van der Waals surface area contributed by atoms with Crippen LogP contribution in [0, 0.1) is 23.7 Å². The first-order chi connectivity index (χ1) is 28.3. The number of ether oxygens (including phenoxy) is 6. The molecule has 0 saturated carbocycles. The molecular weight excluding hydrogens is 729 g/mol. The highest BCUT2D eigenvalue weighted by Crippen LogP contribution is 2.23. The second-order valence-corrected chi connectivity index (χ2v) is 12.9. The fraction of sp³-hybridized carbons (Fsp3) is 0.300. The standard InChI is InChI=1S/C50H52O8/c1-7-53-48(49(52)54-8-2)35-41-19-27-45(28-20-41)57-33-31-37(5)11-13-39-15-21-42(22-16-39)43-23-17-40(18-24-43)14-12-38(6)32-34-58-46-29-25-44(26-30-46)47(36-51)50(55-9-3)56-10-4/h15-32,48,50H,7-10,33-35H2,1-6H3. The molecule has 0 aliphatic carbocycles. The molecule has 0 radical (unpaired) electrons. The molecule has 300 valence electrons. The predicted molar refractivity (Wildman–Crippen MR) is 229 cm³/mol. The van der Waals surface area contributed by atoms with Crippen LogP contribution in [-0.4, -0.2) is 63.9 Å². The van der Waals surface area contributed by atoms with Crippen molar-refractivity contribution in [2.75, 3.05) is 39.6 Å². The third-order valence-corrected chi connectivity index (χ3v) is 8.60. The van der Waals surface area contributed by atoms with E-state index in [0.29, 0.717) is 62.9 Å². The molecule has 0 fully saturated rings. The first-order valence-electron chi connectivity index (χ1n) is 19.6.